The molecule has 10 heteroatoms. The number of benzene rings is 2. The van der Waals surface area contributed by atoms with Crippen LogP contribution in [0.2, 0.25) is 5.02 Å². The van der Waals surface area contributed by atoms with E-state index in [-0.39, 0.29) is 30.8 Å². The molecule has 2 rings (SSSR count). The molecule has 2 aromatic rings. The largest absolute Gasteiger partial charge is 0.456 e. The van der Waals surface area contributed by atoms with Crippen LogP contribution in [0.4, 0.5) is 4.39 Å². The number of sulfonamides is 1. The van der Waals surface area contributed by atoms with Crippen LogP contribution in [0.25, 0.3) is 0 Å². The summed E-state index contributed by atoms with van der Waals surface area (Å²) in [5.41, 5.74) is 0.851. The molecular weight excluding hydrogens is 435 g/mol. The predicted molar refractivity (Wildman–Crippen MR) is 110 cm³/mol. The maximum Gasteiger partial charge on any atom is 0.306 e. The quantitative estimate of drug-likeness (QED) is 0.555. The highest BCUT2D eigenvalue weighted by molar-refractivity contribution is 7.89. The second-order valence-corrected chi connectivity index (χ2v) is 8.93. The van der Waals surface area contributed by atoms with Gasteiger partial charge in [-0.25, -0.2) is 17.1 Å². The summed E-state index contributed by atoms with van der Waals surface area (Å²) in [6.07, 6.45) is 0.163. The molecule has 0 fully saturated rings. The zero-order valence-corrected chi connectivity index (χ0v) is 17.9. The summed E-state index contributed by atoms with van der Waals surface area (Å²) in [6.45, 7) is -0.0761. The van der Waals surface area contributed by atoms with Gasteiger partial charge in [-0.15, -0.1) is 0 Å². The van der Waals surface area contributed by atoms with E-state index in [2.05, 4.69) is 5.32 Å². The van der Waals surface area contributed by atoms with Crippen molar-refractivity contribution in [3.63, 3.8) is 0 Å². The van der Waals surface area contributed by atoms with Gasteiger partial charge in [0.15, 0.2) is 6.61 Å². The van der Waals surface area contributed by atoms with Crippen LogP contribution in [-0.2, 0) is 30.9 Å². The lowest BCUT2D eigenvalue weighted by atomic mass is 10.2. The first-order valence-electron chi connectivity index (χ1n) is 9.07. The monoisotopic (exact) mass is 456 g/mol. The maximum absolute atomic E-state index is 13.0. The van der Waals surface area contributed by atoms with E-state index in [0.717, 1.165) is 22.0 Å². The number of esters is 1. The molecule has 0 bridgehead atoms. The van der Waals surface area contributed by atoms with Crippen molar-refractivity contribution in [2.24, 2.45) is 0 Å². The number of hydrogen-bond donors (Lipinski definition) is 1. The molecule has 0 atom stereocenters. The number of hydrogen-bond acceptors (Lipinski definition) is 5. The highest BCUT2D eigenvalue weighted by atomic mass is 35.5. The first kappa shape index (κ1) is 23.8. The van der Waals surface area contributed by atoms with Crippen LogP contribution >= 0.6 is 11.6 Å². The van der Waals surface area contributed by atoms with Gasteiger partial charge in [0.2, 0.25) is 10.0 Å². The van der Waals surface area contributed by atoms with Gasteiger partial charge >= 0.3 is 5.97 Å². The molecule has 0 saturated carbocycles. The van der Waals surface area contributed by atoms with Crippen LogP contribution < -0.4 is 5.32 Å². The van der Waals surface area contributed by atoms with Gasteiger partial charge in [0.1, 0.15) is 5.82 Å². The Morgan fingerprint density at radius 1 is 1.10 bits per heavy atom. The van der Waals surface area contributed by atoms with Gasteiger partial charge in [0.05, 0.1) is 4.90 Å². The van der Waals surface area contributed by atoms with Gasteiger partial charge < -0.3 is 10.1 Å². The van der Waals surface area contributed by atoms with Gasteiger partial charge in [-0.05, 0) is 48.4 Å². The zero-order valence-electron chi connectivity index (χ0n) is 16.3. The highest BCUT2D eigenvalue weighted by Gasteiger charge is 2.20. The highest BCUT2D eigenvalue weighted by Crippen LogP contribution is 2.15. The molecule has 0 radical (unpaired) electrons. The lowest BCUT2D eigenvalue weighted by molar-refractivity contribution is -0.148. The summed E-state index contributed by atoms with van der Waals surface area (Å²) in [7, 11) is -2.40. The topological polar surface area (TPSA) is 92.8 Å². The minimum absolute atomic E-state index is 0.0358. The minimum atomic E-state index is -3.77. The molecule has 1 amide bonds. The summed E-state index contributed by atoms with van der Waals surface area (Å²) in [5, 5.41) is 3.21. The van der Waals surface area contributed by atoms with Crippen molar-refractivity contribution in [1.29, 1.82) is 0 Å². The van der Waals surface area contributed by atoms with E-state index < -0.39 is 34.3 Å². The van der Waals surface area contributed by atoms with Crippen molar-refractivity contribution in [3.05, 3.63) is 64.9 Å². The second-order valence-electron chi connectivity index (χ2n) is 6.45. The van der Waals surface area contributed by atoms with Crippen LogP contribution in [-0.4, -0.2) is 44.8 Å². The first-order chi connectivity index (χ1) is 14.2. The van der Waals surface area contributed by atoms with E-state index in [0.29, 0.717) is 5.02 Å². The number of ether oxygens (including phenoxy) is 1. The van der Waals surface area contributed by atoms with E-state index in [1.807, 2.05) is 0 Å². The average Bonchev–Trinajstić information content (AvgIpc) is 2.72. The van der Waals surface area contributed by atoms with E-state index >= 15 is 0 Å². The van der Waals surface area contributed by atoms with Crippen LogP contribution in [0.15, 0.2) is 53.4 Å². The van der Waals surface area contributed by atoms with Crippen molar-refractivity contribution in [2.75, 3.05) is 20.2 Å². The Kier molecular flexibility index (Phi) is 8.76. The molecule has 0 aliphatic rings. The Bertz CT molecular complexity index is 966. The summed E-state index contributed by atoms with van der Waals surface area (Å²) >= 11 is 5.79. The Morgan fingerprint density at radius 2 is 1.73 bits per heavy atom. The van der Waals surface area contributed by atoms with Gasteiger partial charge in [-0.3, -0.25) is 9.59 Å². The molecule has 0 aliphatic heterocycles. The van der Waals surface area contributed by atoms with Crippen molar-refractivity contribution < 1.29 is 27.1 Å². The Morgan fingerprint density at radius 3 is 2.37 bits per heavy atom. The third-order valence-corrected chi connectivity index (χ3v) is 6.27. The van der Waals surface area contributed by atoms with Crippen LogP contribution in [0.3, 0.4) is 0 Å². The Balaban J connectivity index is 1.68. The number of halogens is 2. The predicted octanol–water partition coefficient (Wildman–Crippen LogP) is 2.74. The molecule has 30 heavy (non-hydrogen) atoms. The van der Waals surface area contributed by atoms with E-state index in [4.69, 9.17) is 16.3 Å². The third-order valence-electron chi connectivity index (χ3n) is 4.14. The second kappa shape index (κ2) is 11.1. The number of nitrogens with zero attached hydrogens (tertiary/aromatic N) is 1. The fourth-order valence-corrected chi connectivity index (χ4v) is 3.76. The third kappa shape index (κ3) is 7.40. The smallest absolute Gasteiger partial charge is 0.306 e. The van der Waals surface area contributed by atoms with Crippen LogP contribution in [0.5, 0.6) is 0 Å². The molecule has 7 nitrogen and oxygen atoms in total. The number of carbonyl (C=O) groups excluding carboxylic acids is 2. The number of carbonyl (C=O) groups is 2. The molecule has 1 N–H and O–H groups in total. The fourth-order valence-electron chi connectivity index (χ4n) is 2.42. The molecule has 0 heterocycles. The Hall–Kier alpha value is -2.49. The SMILES string of the molecule is CN(CCCC(=O)OCC(=O)NCc1ccc(Cl)cc1)S(=O)(=O)c1ccc(F)cc1. The molecule has 0 spiro atoms. The molecule has 2 aromatic carbocycles. The molecule has 162 valence electrons. The number of amides is 1. The van der Waals surface area contributed by atoms with Gasteiger partial charge in [-0.1, -0.05) is 23.7 Å². The lowest BCUT2D eigenvalue weighted by Gasteiger charge is -2.17. The molecule has 0 saturated heterocycles. The van der Waals surface area contributed by atoms with Crippen LogP contribution in [0, 0.1) is 5.82 Å². The van der Waals surface area contributed by atoms with Gasteiger partial charge in [0.25, 0.3) is 5.91 Å². The van der Waals surface area contributed by atoms with Crippen molar-refractivity contribution in [3.8, 4) is 0 Å². The van der Waals surface area contributed by atoms with E-state index in [9.17, 15) is 22.4 Å². The zero-order chi connectivity index (χ0) is 22.1. The van der Waals surface area contributed by atoms with Gasteiger partial charge in [0, 0.05) is 31.6 Å². The summed E-state index contributed by atoms with van der Waals surface area (Å²) in [4.78, 5) is 23.5. The summed E-state index contributed by atoms with van der Waals surface area (Å²) in [6, 6.07) is 11.4. The summed E-state index contributed by atoms with van der Waals surface area (Å²) in [5.74, 6) is -1.59. The average molecular weight is 457 g/mol. The van der Waals surface area contributed by atoms with Crippen molar-refractivity contribution in [1.82, 2.24) is 9.62 Å². The van der Waals surface area contributed by atoms with Crippen molar-refractivity contribution >= 4 is 33.5 Å². The number of nitrogens with one attached hydrogen (secondary N) is 1. The minimum Gasteiger partial charge on any atom is -0.456 e. The van der Waals surface area contributed by atoms with E-state index in [1.165, 1.54) is 19.2 Å². The fraction of sp³-hybridized carbons (Fsp3) is 0.300. The van der Waals surface area contributed by atoms with Gasteiger partial charge in [-0.2, -0.15) is 0 Å². The number of rotatable bonds is 10. The molecule has 0 unspecified atom stereocenters. The normalized spacial score (nSPS) is 11.3. The summed E-state index contributed by atoms with van der Waals surface area (Å²) < 4.78 is 43.7. The first-order valence-corrected chi connectivity index (χ1v) is 10.9. The Labute approximate surface area is 179 Å². The standard InChI is InChI=1S/C20H22ClFN2O5S/c1-24(30(27,28)18-10-8-17(22)9-11-18)12-2-3-20(26)29-14-19(25)23-13-15-4-6-16(21)7-5-15/h4-11H,2-3,12-14H2,1H3,(H,23,25). The molecule has 0 aromatic heterocycles. The van der Waals surface area contributed by atoms with E-state index in [1.54, 1.807) is 24.3 Å². The lowest BCUT2D eigenvalue weighted by Crippen LogP contribution is -2.29. The molecular formula is C20H22ClFN2O5S. The van der Waals surface area contributed by atoms with Crippen LogP contribution in [0.1, 0.15) is 18.4 Å². The molecule has 0 aliphatic carbocycles. The maximum atomic E-state index is 13.0. The van der Waals surface area contributed by atoms with Crippen molar-refractivity contribution in [2.45, 2.75) is 24.3 Å².